The van der Waals surface area contributed by atoms with Crippen molar-refractivity contribution in [3.63, 3.8) is 0 Å². The predicted molar refractivity (Wildman–Crippen MR) is 149 cm³/mol. The summed E-state index contributed by atoms with van der Waals surface area (Å²) < 4.78 is 25.8. The predicted octanol–water partition coefficient (Wildman–Crippen LogP) is 7.95. The van der Waals surface area contributed by atoms with Gasteiger partial charge in [-0.05, 0) is 94.9 Å². The number of amides is 2. The highest BCUT2D eigenvalue weighted by Crippen LogP contribution is 2.38. The third kappa shape index (κ3) is 6.34. The molecule has 5 nitrogen and oxygen atoms in total. The van der Waals surface area contributed by atoms with E-state index in [1.165, 1.54) is 12.1 Å². The van der Waals surface area contributed by atoms with Crippen molar-refractivity contribution in [3.05, 3.63) is 95.6 Å². The van der Waals surface area contributed by atoms with Crippen LogP contribution in [0, 0.1) is 9.39 Å². The number of nitrogens with zero attached hydrogens (tertiary/aromatic N) is 1. The highest BCUT2D eigenvalue weighted by molar-refractivity contribution is 14.1. The van der Waals surface area contributed by atoms with Gasteiger partial charge >= 0.3 is 0 Å². The van der Waals surface area contributed by atoms with E-state index >= 15 is 0 Å². The zero-order valence-corrected chi connectivity index (χ0v) is 23.4. The van der Waals surface area contributed by atoms with Gasteiger partial charge in [0.2, 0.25) is 0 Å². The Morgan fingerprint density at radius 3 is 2.50 bits per heavy atom. The Balaban J connectivity index is 1.55. The molecule has 3 aromatic rings. The van der Waals surface area contributed by atoms with Gasteiger partial charge < -0.3 is 9.47 Å². The normalized spacial score (nSPS) is 14.6. The number of rotatable bonds is 8. The maximum atomic E-state index is 13.2. The first-order valence-electron chi connectivity index (χ1n) is 10.8. The summed E-state index contributed by atoms with van der Waals surface area (Å²) in [6.45, 7) is 2.56. The van der Waals surface area contributed by atoms with Crippen LogP contribution in [0.3, 0.4) is 0 Å². The molecular formula is C26H19Cl2FINO4S. The Labute approximate surface area is 235 Å². The summed E-state index contributed by atoms with van der Waals surface area (Å²) in [5, 5.41) is 0.665. The highest BCUT2D eigenvalue weighted by atomic mass is 127. The molecule has 0 aromatic heterocycles. The molecule has 0 radical (unpaired) electrons. The van der Waals surface area contributed by atoms with Gasteiger partial charge in [-0.3, -0.25) is 14.5 Å². The number of benzene rings is 3. The van der Waals surface area contributed by atoms with E-state index in [4.69, 9.17) is 32.7 Å². The lowest BCUT2D eigenvalue weighted by atomic mass is 10.1. The monoisotopic (exact) mass is 657 g/mol. The number of halogens is 4. The Bertz CT molecular complexity index is 1350. The van der Waals surface area contributed by atoms with Crippen molar-refractivity contribution >= 4 is 74.8 Å². The second-order valence-corrected chi connectivity index (χ2v) is 10.7. The molecule has 1 saturated heterocycles. The molecule has 1 fully saturated rings. The lowest BCUT2D eigenvalue weighted by Gasteiger charge is -2.15. The van der Waals surface area contributed by atoms with Crippen LogP contribution in [0.2, 0.25) is 10.0 Å². The smallest absolute Gasteiger partial charge is 0.293 e. The summed E-state index contributed by atoms with van der Waals surface area (Å²) in [6, 6.07) is 14.5. The zero-order valence-electron chi connectivity index (χ0n) is 18.9. The van der Waals surface area contributed by atoms with E-state index in [2.05, 4.69) is 22.6 Å². The summed E-state index contributed by atoms with van der Waals surface area (Å²) in [5.74, 6) is 0.271. The van der Waals surface area contributed by atoms with Crippen molar-refractivity contribution in [1.29, 1.82) is 0 Å². The first-order valence-corrected chi connectivity index (χ1v) is 13.4. The van der Waals surface area contributed by atoms with Gasteiger partial charge in [-0.25, -0.2) is 4.39 Å². The number of carbonyl (C=O) groups excluding carboxylic acids is 2. The first-order chi connectivity index (χ1) is 17.2. The minimum Gasteiger partial charge on any atom is -0.490 e. The van der Waals surface area contributed by atoms with Crippen LogP contribution in [-0.4, -0.2) is 22.7 Å². The minimum absolute atomic E-state index is 0.0735. The van der Waals surface area contributed by atoms with Crippen LogP contribution in [0.4, 0.5) is 9.18 Å². The lowest BCUT2D eigenvalue weighted by molar-refractivity contribution is -0.123. The Morgan fingerprint density at radius 2 is 1.81 bits per heavy atom. The molecule has 0 unspecified atom stereocenters. The van der Waals surface area contributed by atoms with Crippen LogP contribution >= 0.6 is 57.6 Å². The SMILES string of the molecule is CCOc1cc(/C=C2\SC(=O)N(Cc3ccc(F)cc3)C2=O)cc(I)c1OCc1ccc(Cl)cc1Cl. The van der Waals surface area contributed by atoms with Gasteiger partial charge in [0, 0.05) is 15.6 Å². The van der Waals surface area contributed by atoms with Crippen LogP contribution in [0.15, 0.2) is 59.5 Å². The first kappa shape index (κ1) is 26.8. The van der Waals surface area contributed by atoms with E-state index in [1.54, 1.807) is 42.5 Å². The van der Waals surface area contributed by atoms with Crippen LogP contribution in [0.1, 0.15) is 23.6 Å². The second kappa shape index (κ2) is 11.9. The molecule has 0 saturated carbocycles. The van der Waals surface area contributed by atoms with Crippen LogP contribution in [-0.2, 0) is 17.9 Å². The Morgan fingerprint density at radius 1 is 1.06 bits per heavy atom. The fourth-order valence-corrected chi connectivity index (χ4v) is 5.51. The Hall–Kier alpha value is -2.27. The molecule has 1 aliphatic rings. The van der Waals surface area contributed by atoms with E-state index < -0.39 is 5.91 Å². The molecule has 2 amide bonds. The van der Waals surface area contributed by atoms with Crippen LogP contribution in [0.5, 0.6) is 11.5 Å². The average Bonchev–Trinajstić information content (AvgIpc) is 3.08. The molecule has 0 bridgehead atoms. The summed E-state index contributed by atoms with van der Waals surface area (Å²) in [7, 11) is 0. The average molecular weight is 658 g/mol. The van der Waals surface area contributed by atoms with Gasteiger partial charge in [0.25, 0.3) is 11.1 Å². The summed E-state index contributed by atoms with van der Waals surface area (Å²) in [5.41, 5.74) is 2.13. The lowest BCUT2D eigenvalue weighted by Crippen LogP contribution is -2.27. The molecular weight excluding hydrogens is 639 g/mol. The van der Waals surface area contributed by atoms with E-state index in [0.29, 0.717) is 44.2 Å². The second-order valence-electron chi connectivity index (χ2n) is 7.68. The Kier molecular flexibility index (Phi) is 8.82. The van der Waals surface area contributed by atoms with Crippen LogP contribution in [0.25, 0.3) is 6.08 Å². The number of hydrogen-bond donors (Lipinski definition) is 0. The maximum absolute atomic E-state index is 13.2. The van der Waals surface area contributed by atoms with Crippen LogP contribution < -0.4 is 9.47 Å². The summed E-state index contributed by atoms with van der Waals surface area (Å²) in [4.78, 5) is 26.9. The van der Waals surface area contributed by atoms with Crippen molar-refractivity contribution in [2.75, 3.05) is 6.61 Å². The molecule has 1 heterocycles. The highest BCUT2D eigenvalue weighted by Gasteiger charge is 2.35. The van der Waals surface area contributed by atoms with Gasteiger partial charge in [0.15, 0.2) is 11.5 Å². The molecule has 0 spiro atoms. The molecule has 10 heteroatoms. The molecule has 0 aliphatic carbocycles. The van der Waals surface area contributed by atoms with Crippen molar-refractivity contribution in [2.45, 2.75) is 20.1 Å². The molecule has 186 valence electrons. The fraction of sp³-hybridized carbons (Fsp3) is 0.154. The zero-order chi connectivity index (χ0) is 25.8. The number of imide groups is 1. The minimum atomic E-state index is -0.403. The standard InChI is InChI=1S/C26H19Cl2FINO4S/c1-2-34-22-10-16(9-21(30)24(22)35-14-17-5-6-18(27)12-20(17)28)11-23-25(32)31(26(33)36-23)13-15-3-7-19(29)8-4-15/h3-12H,2,13-14H2,1H3/b23-11-. The summed E-state index contributed by atoms with van der Waals surface area (Å²) in [6.07, 6.45) is 1.65. The third-order valence-corrected chi connectivity index (χ3v) is 7.44. The van der Waals surface area contributed by atoms with Gasteiger partial charge in [-0.1, -0.05) is 41.4 Å². The van der Waals surface area contributed by atoms with E-state index in [-0.39, 0.29) is 24.2 Å². The molecule has 3 aromatic carbocycles. The maximum Gasteiger partial charge on any atom is 0.293 e. The van der Waals surface area contributed by atoms with E-state index in [9.17, 15) is 14.0 Å². The molecule has 1 aliphatic heterocycles. The molecule has 0 N–H and O–H groups in total. The summed E-state index contributed by atoms with van der Waals surface area (Å²) >= 11 is 15.2. The van der Waals surface area contributed by atoms with Crippen molar-refractivity contribution in [2.24, 2.45) is 0 Å². The topological polar surface area (TPSA) is 55.8 Å². The largest absolute Gasteiger partial charge is 0.490 e. The quantitative estimate of drug-likeness (QED) is 0.182. The van der Waals surface area contributed by atoms with Gasteiger partial charge in [0.05, 0.1) is 21.6 Å². The molecule has 4 rings (SSSR count). The third-order valence-electron chi connectivity index (χ3n) is 5.14. The van der Waals surface area contributed by atoms with Gasteiger partial charge in [0.1, 0.15) is 12.4 Å². The van der Waals surface area contributed by atoms with Crippen molar-refractivity contribution < 1.29 is 23.5 Å². The fourth-order valence-electron chi connectivity index (χ4n) is 3.42. The number of carbonyl (C=O) groups is 2. The number of hydrogen-bond acceptors (Lipinski definition) is 5. The van der Waals surface area contributed by atoms with Crippen molar-refractivity contribution in [1.82, 2.24) is 4.90 Å². The van der Waals surface area contributed by atoms with Crippen molar-refractivity contribution in [3.8, 4) is 11.5 Å². The number of ether oxygens (including phenoxy) is 2. The molecule has 36 heavy (non-hydrogen) atoms. The number of thioether (sulfide) groups is 1. The van der Waals surface area contributed by atoms with E-state index in [0.717, 1.165) is 25.8 Å². The molecule has 0 atom stereocenters. The van der Waals surface area contributed by atoms with E-state index in [1.807, 2.05) is 13.0 Å². The van der Waals surface area contributed by atoms with Gasteiger partial charge in [-0.2, -0.15) is 0 Å². The van der Waals surface area contributed by atoms with Gasteiger partial charge in [-0.15, -0.1) is 0 Å².